The molecule has 5 aliphatic carbocycles. The molecule has 2 heteroatoms. The number of fused-ring (bicyclic) bond motifs is 5. The first-order valence-corrected chi connectivity index (χ1v) is 11.3. The summed E-state index contributed by atoms with van der Waals surface area (Å²) >= 11 is 0. The summed E-state index contributed by atoms with van der Waals surface area (Å²) in [5, 5.41) is 10.7. The molecule has 0 saturated heterocycles. The zero-order valence-corrected chi connectivity index (χ0v) is 16.5. The van der Waals surface area contributed by atoms with Crippen molar-refractivity contribution < 1.29 is 9.84 Å². The zero-order valence-electron chi connectivity index (χ0n) is 16.5. The molecule has 2 nitrogen and oxygen atoms in total. The molecular formula is C23H38O2. The molecule has 0 unspecified atom stereocenters. The SMILES string of the molecule is C[C@@H]1CC[C@H]2[C@@H]3CC[C@H]4C[C@H](O)[C@@H](OC5CC5)C[C@]4(C)[C@H]3CC[C@]12C. The monoisotopic (exact) mass is 346 g/mol. The summed E-state index contributed by atoms with van der Waals surface area (Å²) in [6.07, 6.45) is 13.5. The fourth-order valence-corrected chi connectivity index (χ4v) is 8.11. The number of rotatable bonds is 2. The van der Waals surface area contributed by atoms with Crippen LogP contribution in [0.3, 0.4) is 0 Å². The van der Waals surface area contributed by atoms with E-state index in [1.165, 1.54) is 51.4 Å². The van der Waals surface area contributed by atoms with Crippen LogP contribution in [0.25, 0.3) is 0 Å². The highest BCUT2D eigenvalue weighted by atomic mass is 16.5. The lowest BCUT2D eigenvalue weighted by Gasteiger charge is -2.61. The lowest BCUT2D eigenvalue weighted by atomic mass is 9.44. The Morgan fingerprint density at radius 2 is 1.64 bits per heavy atom. The van der Waals surface area contributed by atoms with Crippen molar-refractivity contribution in [3.05, 3.63) is 0 Å². The van der Waals surface area contributed by atoms with E-state index in [2.05, 4.69) is 20.8 Å². The van der Waals surface area contributed by atoms with Crippen molar-refractivity contribution in [1.82, 2.24) is 0 Å². The minimum Gasteiger partial charge on any atom is -0.390 e. The summed E-state index contributed by atoms with van der Waals surface area (Å²) in [6.45, 7) is 7.72. The van der Waals surface area contributed by atoms with Crippen LogP contribution < -0.4 is 0 Å². The molecule has 5 saturated carbocycles. The standard InChI is InChI=1S/C23H38O2/c1-14-4-9-18-17-8-5-15-12-20(24)21(25-16-6-7-16)13-23(15,3)19(17)10-11-22(14,18)2/h14-21,24H,4-13H2,1-3H3/t14-,15+,17+,18+,19+,20+,21+,22-,23+/m1/s1. The summed E-state index contributed by atoms with van der Waals surface area (Å²) < 4.78 is 6.28. The number of hydrogen-bond acceptors (Lipinski definition) is 2. The fourth-order valence-electron chi connectivity index (χ4n) is 8.11. The van der Waals surface area contributed by atoms with Gasteiger partial charge in [-0.2, -0.15) is 0 Å². The smallest absolute Gasteiger partial charge is 0.0843 e. The van der Waals surface area contributed by atoms with E-state index in [1.807, 2.05) is 0 Å². The van der Waals surface area contributed by atoms with Crippen molar-refractivity contribution >= 4 is 0 Å². The number of ether oxygens (including phenoxy) is 1. The van der Waals surface area contributed by atoms with Crippen LogP contribution in [0.1, 0.15) is 85.0 Å². The second kappa shape index (κ2) is 5.71. The minimum absolute atomic E-state index is 0.114. The predicted molar refractivity (Wildman–Crippen MR) is 100 cm³/mol. The maximum absolute atomic E-state index is 10.7. The molecule has 0 aromatic carbocycles. The van der Waals surface area contributed by atoms with Crippen molar-refractivity contribution in [3.8, 4) is 0 Å². The molecule has 0 heterocycles. The Bertz CT molecular complexity index is 528. The Hall–Kier alpha value is -0.0800. The van der Waals surface area contributed by atoms with Crippen LogP contribution in [-0.4, -0.2) is 23.4 Å². The molecule has 5 fully saturated rings. The number of aliphatic hydroxyl groups excluding tert-OH is 1. The van der Waals surface area contributed by atoms with Gasteiger partial charge in [-0.1, -0.05) is 20.8 Å². The van der Waals surface area contributed by atoms with Crippen LogP contribution in [-0.2, 0) is 4.74 Å². The highest BCUT2D eigenvalue weighted by molar-refractivity contribution is 5.10. The summed E-state index contributed by atoms with van der Waals surface area (Å²) in [6, 6.07) is 0. The fraction of sp³-hybridized carbons (Fsp3) is 1.00. The molecule has 0 aromatic rings. The van der Waals surface area contributed by atoms with Gasteiger partial charge in [0, 0.05) is 0 Å². The largest absolute Gasteiger partial charge is 0.390 e. The lowest BCUT2D eigenvalue weighted by Crippen LogP contribution is -2.57. The first-order valence-electron chi connectivity index (χ1n) is 11.3. The second-order valence-electron chi connectivity index (χ2n) is 11.1. The van der Waals surface area contributed by atoms with Crippen molar-refractivity contribution in [2.24, 2.45) is 40.4 Å². The molecular weight excluding hydrogens is 308 g/mol. The van der Waals surface area contributed by atoms with Gasteiger partial charge >= 0.3 is 0 Å². The molecule has 0 bridgehead atoms. The molecule has 0 radical (unpaired) electrons. The molecule has 0 spiro atoms. The lowest BCUT2D eigenvalue weighted by molar-refractivity contribution is -0.174. The summed E-state index contributed by atoms with van der Waals surface area (Å²) in [5.74, 6) is 4.44. The van der Waals surface area contributed by atoms with Crippen LogP contribution in [0.4, 0.5) is 0 Å². The van der Waals surface area contributed by atoms with Gasteiger partial charge in [-0.15, -0.1) is 0 Å². The van der Waals surface area contributed by atoms with Crippen molar-refractivity contribution in [2.45, 2.75) is 103 Å². The van der Waals surface area contributed by atoms with Gasteiger partial charge in [-0.25, -0.2) is 0 Å². The van der Waals surface area contributed by atoms with E-state index < -0.39 is 0 Å². The van der Waals surface area contributed by atoms with Gasteiger partial charge in [0.05, 0.1) is 18.3 Å². The molecule has 0 aromatic heterocycles. The number of hydrogen-bond donors (Lipinski definition) is 1. The molecule has 0 aliphatic heterocycles. The van der Waals surface area contributed by atoms with Crippen LogP contribution >= 0.6 is 0 Å². The highest BCUT2D eigenvalue weighted by Crippen LogP contribution is 2.67. The summed E-state index contributed by atoms with van der Waals surface area (Å²) in [7, 11) is 0. The average molecular weight is 347 g/mol. The minimum atomic E-state index is -0.212. The topological polar surface area (TPSA) is 29.5 Å². The highest BCUT2D eigenvalue weighted by Gasteiger charge is 2.60. The maximum atomic E-state index is 10.7. The summed E-state index contributed by atoms with van der Waals surface area (Å²) in [5.41, 5.74) is 1.03. The van der Waals surface area contributed by atoms with Gasteiger partial charge < -0.3 is 9.84 Å². The van der Waals surface area contributed by atoms with E-state index in [9.17, 15) is 5.11 Å². The second-order valence-corrected chi connectivity index (χ2v) is 11.1. The average Bonchev–Trinajstić information content (AvgIpc) is 3.33. The van der Waals surface area contributed by atoms with Gasteiger partial charge in [0.1, 0.15) is 0 Å². The third-order valence-corrected chi connectivity index (χ3v) is 10.0. The summed E-state index contributed by atoms with van der Waals surface area (Å²) in [4.78, 5) is 0. The van der Waals surface area contributed by atoms with E-state index in [4.69, 9.17) is 4.74 Å². The molecule has 5 aliphatic rings. The molecule has 1 N–H and O–H groups in total. The normalized spacial score (nSPS) is 58.3. The van der Waals surface area contributed by atoms with Crippen LogP contribution in [0, 0.1) is 40.4 Å². The van der Waals surface area contributed by atoms with Gasteiger partial charge in [-0.3, -0.25) is 0 Å². The van der Waals surface area contributed by atoms with Crippen LogP contribution in [0.5, 0.6) is 0 Å². The van der Waals surface area contributed by atoms with Crippen LogP contribution in [0.15, 0.2) is 0 Å². The third-order valence-electron chi connectivity index (χ3n) is 10.0. The number of aliphatic hydroxyl groups is 1. The maximum Gasteiger partial charge on any atom is 0.0843 e. The Balaban J connectivity index is 1.40. The van der Waals surface area contributed by atoms with Crippen molar-refractivity contribution in [1.29, 1.82) is 0 Å². The zero-order chi connectivity index (χ0) is 17.4. The molecule has 9 atom stereocenters. The predicted octanol–water partition coefficient (Wildman–Crippen LogP) is 5.18. The first kappa shape index (κ1) is 17.0. The van der Waals surface area contributed by atoms with Crippen molar-refractivity contribution in [2.75, 3.05) is 0 Å². The van der Waals surface area contributed by atoms with E-state index in [0.717, 1.165) is 42.4 Å². The first-order chi connectivity index (χ1) is 11.9. The van der Waals surface area contributed by atoms with Crippen LogP contribution in [0.2, 0.25) is 0 Å². The van der Waals surface area contributed by atoms with E-state index in [0.29, 0.717) is 16.9 Å². The molecule has 0 amide bonds. The Morgan fingerprint density at radius 3 is 2.40 bits per heavy atom. The Morgan fingerprint density at radius 1 is 0.880 bits per heavy atom. The van der Waals surface area contributed by atoms with E-state index >= 15 is 0 Å². The van der Waals surface area contributed by atoms with Gasteiger partial charge in [0.25, 0.3) is 0 Å². The molecule has 5 rings (SSSR count). The van der Waals surface area contributed by atoms with Gasteiger partial charge in [0.2, 0.25) is 0 Å². The molecule has 142 valence electrons. The van der Waals surface area contributed by atoms with Gasteiger partial charge in [-0.05, 0) is 105 Å². The third kappa shape index (κ3) is 2.49. The van der Waals surface area contributed by atoms with Gasteiger partial charge in [0.15, 0.2) is 0 Å². The van der Waals surface area contributed by atoms with E-state index in [1.54, 1.807) is 0 Å². The van der Waals surface area contributed by atoms with E-state index in [-0.39, 0.29) is 12.2 Å². The Labute approximate surface area is 154 Å². The molecule has 25 heavy (non-hydrogen) atoms. The van der Waals surface area contributed by atoms with Crippen molar-refractivity contribution in [3.63, 3.8) is 0 Å². The quantitative estimate of drug-likeness (QED) is 0.746. The Kier molecular flexibility index (Phi) is 3.89.